The highest BCUT2D eigenvalue weighted by Crippen LogP contribution is 2.36. The number of hydrogen-bond acceptors (Lipinski definition) is 3. The molecule has 0 bridgehead atoms. The van der Waals surface area contributed by atoms with Crippen molar-refractivity contribution in [1.82, 2.24) is 0 Å². The van der Waals surface area contributed by atoms with Crippen LogP contribution in [0.5, 0.6) is 0 Å². The molecular formula is C28H47IO4. The van der Waals surface area contributed by atoms with Crippen molar-refractivity contribution >= 4 is 28.6 Å². The fourth-order valence-corrected chi connectivity index (χ4v) is 5.31. The number of carboxylic acid groups (broad SMARTS) is 1. The standard InChI is InChI=1S/C28H47IO4/c1-19(12-8-16-28(6,33)17-9-13-21(3)27(31)32)10-7-11-20(2)14-15-24-18-25(30)22(4)23(5)26(24)29/h10,18,20-22,25,30,33H,7-9,11-17H2,1-6H3,(H,31,32)/b19-10+. The van der Waals surface area contributed by atoms with E-state index in [1.165, 1.54) is 26.7 Å². The van der Waals surface area contributed by atoms with Gasteiger partial charge in [-0.05, 0) is 119 Å². The maximum atomic E-state index is 10.9. The second-order valence-electron chi connectivity index (χ2n) is 10.7. The molecule has 1 rings (SSSR count). The first-order valence-corrected chi connectivity index (χ1v) is 13.8. The summed E-state index contributed by atoms with van der Waals surface area (Å²) in [6.45, 7) is 12.3. The van der Waals surface area contributed by atoms with E-state index in [2.05, 4.69) is 62.4 Å². The van der Waals surface area contributed by atoms with Crippen LogP contribution >= 0.6 is 22.6 Å². The van der Waals surface area contributed by atoms with Crippen molar-refractivity contribution in [3.63, 3.8) is 0 Å². The van der Waals surface area contributed by atoms with E-state index in [1.807, 2.05) is 6.92 Å². The van der Waals surface area contributed by atoms with E-state index in [9.17, 15) is 15.0 Å². The zero-order valence-corrected chi connectivity index (χ0v) is 23.8. The van der Waals surface area contributed by atoms with Crippen LogP contribution in [-0.4, -0.2) is 33.0 Å². The Balaban J connectivity index is 2.28. The summed E-state index contributed by atoms with van der Waals surface area (Å²) >= 11 is 2.43. The molecule has 190 valence electrons. The van der Waals surface area contributed by atoms with Gasteiger partial charge in [-0.25, -0.2) is 0 Å². The van der Waals surface area contributed by atoms with E-state index in [-0.39, 0.29) is 17.9 Å². The number of allylic oxidation sites excluding steroid dienone is 4. The fraction of sp³-hybridized carbons (Fsp3) is 0.750. The molecule has 5 atom stereocenters. The minimum Gasteiger partial charge on any atom is -0.481 e. The highest BCUT2D eigenvalue weighted by atomic mass is 127. The zero-order valence-electron chi connectivity index (χ0n) is 21.7. The van der Waals surface area contributed by atoms with Gasteiger partial charge in [-0.2, -0.15) is 0 Å². The summed E-state index contributed by atoms with van der Waals surface area (Å²) in [6, 6.07) is 0. The van der Waals surface area contributed by atoms with E-state index in [1.54, 1.807) is 6.92 Å². The lowest BCUT2D eigenvalue weighted by Gasteiger charge is -2.26. The molecular weight excluding hydrogens is 527 g/mol. The van der Waals surface area contributed by atoms with Crippen LogP contribution in [0.3, 0.4) is 0 Å². The Bertz CT molecular complexity index is 719. The molecule has 0 aromatic heterocycles. The van der Waals surface area contributed by atoms with Crippen molar-refractivity contribution in [3.05, 3.63) is 32.5 Å². The molecule has 3 N–H and O–H groups in total. The summed E-state index contributed by atoms with van der Waals surface area (Å²) in [7, 11) is 0. The van der Waals surface area contributed by atoms with Crippen molar-refractivity contribution in [2.75, 3.05) is 0 Å². The lowest BCUT2D eigenvalue weighted by molar-refractivity contribution is -0.141. The minimum atomic E-state index is -0.758. The third-order valence-electron chi connectivity index (χ3n) is 7.31. The van der Waals surface area contributed by atoms with Gasteiger partial charge in [-0.15, -0.1) is 0 Å². The van der Waals surface area contributed by atoms with Crippen LogP contribution in [0, 0.1) is 17.8 Å². The molecule has 5 heteroatoms. The van der Waals surface area contributed by atoms with Crippen LogP contribution in [0.4, 0.5) is 0 Å². The van der Waals surface area contributed by atoms with Gasteiger partial charge >= 0.3 is 5.97 Å². The highest BCUT2D eigenvalue weighted by Gasteiger charge is 2.24. The number of carbonyl (C=O) groups is 1. The van der Waals surface area contributed by atoms with Gasteiger partial charge in [0.15, 0.2) is 0 Å². The second-order valence-corrected chi connectivity index (χ2v) is 11.8. The van der Waals surface area contributed by atoms with Gasteiger partial charge in [0, 0.05) is 9.50 Å². The van der Waals surface area contributed by atoms with Gasteiger partial charge in [0.25, 0.3) is 0 Å². The average Bonchev–Trinajstić information content (AvgIpc) is 2.73. The molecule has 0 fully saturated rings. The summed E-state index contributed by atoms with van der Waals surface area (Å²) in [5, 5.41) is 29.8. The Hall–Kier alpha value is -0.660. The summed E-state index contributed by atoms with van der Waals surface area (Å²) < 4.78 is 1.33. The Morgan fingerprint density at radius 2 is 1.85 bits per heavy atom. The molecule has 4 nitrogen and oxygen atoms in total. The first-order chi connectivity index (χ1) is 15.3. The first-order valence-electron chi connectivity index (χ1n) is 12.7. The molecule has 0 amide bonds. The number of aliphatic carboxylic acids is 1. The van der Waals surface area contributed by atoms with Crippen LogP contribution in [0.25, 0.3) is 0 Å². The van der Waals surface area contributed by atoms with Crippen molar-refractivity contribution in [2.24, 2.45) is 17.8 Å². The molecule has 0 spiro atoms. The molecule has 5 unspecified atom stereocenters. The SMILES string of the molecule is CC1=C(I)C(CCC(C)CC/C=C(\C)CCCC(C)(O)CCCC(C)C(=O)O)=CC(O)C1C. The fourth-order valence-electron chi connectivity index (χ4n) is 4.37. The molecule has 1 aliphatic rings. The van der Waals surface area contributed by atoms with Gasteiger partial charge < -0.3 is 15.3 Å². The Labute approximate surface area is 215 Å². The molecule has 0 saturated heterocycles. The zero-order chi connectivity index (χ0) is 25.2. The van der Waals surface area contributed by atoms with Crippen LogP contribution in [-0.2, 0) is 4.79 Å². The second kappa shape index (κ2) is 14.7. The number of carboxylic acids is 1. The highest BCUT2D eigenvalue weighted by molar-refractivity contribution is 14.1. The van der Waals surface area contributed by atoms with Crippen LogP contribution in [0.1, 0.15) is 106 Å². The smallest absolute Gasteiger partial charge is 0.306 e. The van der Waals surface area contributed by atoms with Gasteiger partial charge in [0.2, 0.25) is 0 Å². The lowest BCUT2D eigenvalue weighted by Crippen LogP contribution is -2.24. The summed E-state index contributed by atoms with van der Waals surface area (Å²) in [5.74, 6) is -0.237. The van der Waals surface area contributed by atoms with Crippen LogP contribution < -0.4 is 0 Å². The molecule has 0 saturated carbocycles. The summed E-state index contributed by atoms with van der Waals surface area (Å²) in [6.07, 6.45) is 13.2. The Kier molecular flexibility index (Phi) is 13.5. The summed E-state index contributed by atoms with van der Waals surface area (Å²) in [4.78, 5) is 10.9. The minimum absolute atomic E-state index is 0.218. The maximum Gasteiger partial charge on any atom is 0.306 e. The lowest BCUT2D eigenvalue weighted by atomic mass is 9.86. The Morgan fingerprint density at radius 3 is 2.48 bits per heavy atom. The molecule has 0 aromatic rings. The Morgan fingerprint density at radius 1 is 1.21 bits per heavy atom. The molecule has 33 heavy (non-hydrogen) atoms. The predicted molar refractivity (Wildman–Crippen MR) is 146 cm³/mol. The van der Waals surface area contributed by atoms with E-state index < -0.39 is 11.6 Å². The van der Waals surface area contributed by atoms with Gasteiger partial charge in [-0.1, -0.05) is 44.1 Å². The van der Waals surface area contributed by atoms with Gasteiger partial charge in [-0.3, -0.25) is 4.79 Å². The maximum absolute atomic E-state index is 10.9. The quantitative estimate of drug-likeness (QED) is 0.139. The van der Waals surface area contributed by atoms with Crippen molar-refractivity contribution < 1.29 is 20.1 Å². The molecule has 0 aromatic carbocycles. The van der Waals surface area contributed by atoms with E-state index >= 15 is 0 Å². The first kappa shape index (κ1) is 30.4. The van der Waals surface area contributed by atoms with Crippen LogP contribution in [0.15, 0.2) is 32.5 Å². The normalized spacial score (nSPS) is 23.2. The van der Waals surface area contributed by atoms with Gasteiger partial charge in [0.1, 0.15) is 0 Å². The third-order valence-corrected chi connectivity index (χ3v) is 8.86. The van der Waals surface area contributed by atoms with E-state index in [0.717, 1.165) is 44.9 Å². The van der Waals surface area contributed by atoms with Crippen molar-refractivity contribution in [3.8, 4) is 0 Å². The topological polar surface area (TPSA) is 77.8 Å². The number of aliphatic hydroxyl groups is 2. The predicted octanol–water partition coefficient (Wildman–Crippen LogP) is 7.59. The van der Waals surface area contributed by atoms with Crippen LogP contribution in [0.2, 0.25) is 0 Å². The molecule has 0 aliphatic heterocycles. The summed E-state index contributed by atoms with van der Waals surface area (Å²) in [5.41, 5.74) is 3.29. The largest absolute Gasteiger partial charge is 0.481 e. The number of halogens is 1. The van der Waals surface area contributed by atoms with Gasteiger partial charge in [0.05, 0.1) is 17.6 Å². The van der Waals surface area contributed by atoms with E-state index in [0.29, 0.717) is 18.8 Å². The number of rotatable bonds is 15. The number of hydrogen-bond donors (Lipinski definition) is 3. The molecule has 0 heterocycles. The average molecular weight is 575 g/mol. The molecule has 1 aliphatic carbocycles. The monoisotopic (exact) mass is 574 g/mol. The molecule has 0 radical (unpaired) electrons. The third kappa shape index (κ3) is 11.5. The van der Waals surface area contributed by atoms with Crippen molar-refractivity contribution in [1.29, 1.82) is 0 Å². The van der Waals surface area contributed by atoms with E-state index in [4.69, 9.17) is 5.11 Å². The number of aliphatic hydroxyl groups excluding tert-OH is 1. The van der Waals surface area contributed by atoms with Crippen molar-refractivity contribution in [2.45, 2.75) is 117 Å².